The Morgan fingerprint density at radius 3 is 2.36 bits per heavy atom. The average molecular weight is 527 g/mol. The zero-order valence-electron chi connectivity index (χ0n) is 17.9. The highest BCUT2D eigenvalue weighted by Gasteiger charge is 2.33. The minimum absolute atomic E-state index is 0.0715. The van der Waals surface area contributed by atoms with Gasteiger partial charge in [-0.25, -0.2) is 8.42 Å². The van der Waals surface area contributed by atoms with Crippen molar-refractivity contribution in [2.75, 3.05) is 18.0 Å². The molecule has 170 valence electrons. The first kappa shape index (κ1) is 22.0. The van der Waals surface area contributed by atoms with E-state index >= 15 is 0 Å². The smallest absolute Gasteiger partial charge is 0.266 e. The monoisotopic (exact) mass is 526 g/mol. The van der Waals surface area contributed by atoms with Gasteiger partial charge in [0.1, 0.15) is 0 Å². The average Bonchev–Trinajstić information content (AvgIpc) is 3.51. The number of oxazole rings is 1. The van der Waals surface area contributed by atoms with Gasteiger partial charge in [0.25, 0.3) is 5.89 Å². The van der Waals surface area contributed by atoms with Crippen LogP contribution in [0, 0.1) is 5.92 Å². The predicted octanol–water partition coefficient (Wildman–Crippen LogP) is 5.99. The van der Waals surface area contributed by atoms with E-state index in [0.29, 0.717) is 24.8 Å². The van der Waals surface area contributed by atoms with Crippen molar-refractivity contribution in [2.24, 2.45) is 5.92 Å². The SMILES string of the molecule is O=S(=O)(c1ccc(Br)cc1)c1nc(-c2ccco2)oc1N1CCC(Cc2ccccc2)CC1. The summed E-state index contributed by atoms with van der Waals surface area (Å²) in [5.41, 5.74) is 1.33. The summed E-state index contributed by atoms with van der Waals surface area (Å²) in [7, 11) is -3.88. The number of benzene rings is 2. The maximum Gasteiger partial charge on any atom is 0.266 e. The summed E-state index contributed by atoms with van der Waals surface area (Å²) in [4.78, 5) is 6.55. The molecule has 0 unspecified atom stereocenters. The van der Waals surface area contributed by atoms with Gasteiger partial charge in [0, 0.05) is 17.6 Å². The molecule has 33 heavy (non-hydrogen) atoms. The van der Waals surface area contributed by atoms with Gasteiger partial charge in [-0.3, -0.25) is 0 Å². The van der Waals surface area contributed by atoms with Crippen molar-refractivity contribution in [2.45, 2.75) is 29.2 Å². The summed E-state index contributed by atoms with van der Waals surface area (Å²) in [6, 6.07) is 20.4. The Kier molecular flexibility index (Phi) is 6.12. The Morgan fingerprint density at radius 1 is 0.970 bits per heavy atom. The van der Waals surface area contributed by atoms with Crippen LogP contribution in [-0.2, 0) is 16.3 Å². The van der Waals surface area contributed by atoms with Crippen LogP contribution >= 0.6 is 15.9 Å². The fourth-order valence-electron chi connectivity index (χ4n) is 4.19. The van der Waals surface area contributed by atoms with Crippen LogP contribution in [0.15, 0.2) is 96.2 Å². The van der Waals surface area contributed by atoms with Gasteiger partial charge in [-0.05, 0) is 67.1 Å². The molecule has 1 aliphatic rings. The molecule has 0 aliphatic carbocycles. The molecule has 8 heteroatoms. The lowest BCUT2D eigenvalue weighted by Gasteiger charge is -2.32. The molecule has 0 atom stereocenters. The normalized spacial score (nSPS) is 15.1. The van der Waals surface area contributed by atoms with E-state index in [0.717, 1.165) is 23.7 Å². The van der Waals surface area contributed by atoms with Crippen LogP contribution in [0.1, 0.15) is 18.4 Å². The molecule has 2 aromatic carbocycles. The van der Waals surface area contributed by atoms with E-state index in [1.807, 2.05) is 11.0 Å². The van der Waals surface area contributed by atoms with E-state index < -0.39 is 9.84 Å². The fourth-order valence-corrected chi connectivity index (χ4v) is 5.78. The maximum atomic E-state index is 13.5. The molecule has 0 radical (unpaired) electrons. The first-order valence-corrected chi connectivity index (χ1v) is 13.1. The van der Waals surface area contributed by atoms with Gasteiger partial charge in [-0.15, -0.1) is 0 Å². The number of anilines is 1. The molecule has 0 N–H and O–H groups in total. The third-order valence-corrected chi connectivity index (χ3v) is 8.16. The number of halogens is 1. The Hall–Kier alpha value is -2.84. The van der Waals surface area contributed by atoms with E-state index in [2.05, 4.69) is 45.2 Å². The third kappa shape index (κ3) is 4.63. The molecule has 0 bridgehead atoms. The van der Waals surface area contributed by atoms with Crippen LogP contribution in [0.2, 0.25) is 0 Å². The second-order valence-electron chi connectivity index (χ2n) is 8.18. The minimum atomic E-state index is -3.88. The molecule has 6 nitrogen and oxygen atoms in total. The summed E-state index contributed by atoms with van der Waals surface area (Å²) in [6.45, 7) is 1.40. The maximum absolute atomic E-state index is 13.5. The summed E-state index contributed by atoms with van der Waals surface area (Å²) < 4.78 is 39.2. The van der Waals surface area contributed by atoms with Crippen LogP contribution in [0.4, 0.5) is 5.88 Å². The predicted molar refractivity (Wildman–Crippen MR) is 129 cm³/mol. The molecule has 0 saturated carbocycles. The van der Waals surface area contributed by atoms with E-state index in [1.165, 1.54) is 11.8 Å². The van der Waals surface area contributed by atoms with E-state index in [1.54, 1.807) is 36.4 Å². The van der Waals surface area contributed by atoms with Gasteiger partial charge in [-0.2, -0.15) is 4.98 Å². The third-order valence-electron chi connectivity index (χ3n) is 5.96. The van der Waals surface area contributed by atoms with Gasteiger partial charge in [0.15, 0.2) is 5.76 Å². The van der Waals surface area contributed by atoms with Crippen molar-refractivity contribution in [3.8, 4) is 11.7 Å². The molecule has 0 spiro atoms. The second-order valence-corrected chi connectivity index (χ2v) is 11.0. The number of nitrogens with zero attached hydrogens (tertiary/aromatic N) is 2. The van der Waals surface area contributed by atoms with E-state index in [-0.39, 0.29) is 21.7 Å². The van der Waals surface area contributed by atoms with Crippen LogP contribution < -0.4 is 4.90 Å². The van der Waals surface area contributed by atoms with Crippen molar-refractivity contribution < 1.29 is 17.3 Å². The van der Waals surface area contributed by atoms with Crippen LogP contribution in [0.25, 0.3) is 11.7 Å². The molecule has 5 rings (SSSR count). The van der Waals surface area contributed by atoms with Gasteiger partial charge in [0.05, 0.1) is 11.2 Å². The van der Waals surface area contributed by atoms with Crippen molar-refractivity contribution in [1.82, 2.24) is 4.98 Å². The molecule has 4 aromatic rings. The van der Waals surface area contributed by atoms with Crippen LogP contribution in [-0.4, -0.2) is 26.5 Å². The zero-order chi connectivity index (χ0) is 22.8. The number of piperidine rings is 1. The second kappa shape index (κ2) is 9.19. The summed E-state index contributed by atoms with van der Waals surface area (Å²) >= 11 is 3.36. The van der Waals surface area contributed by atoms with E-state index in [9.17, 15) is 8.42 Å². The largest absolute Gasteiger partial charge is 0.459 e. The highest BCUT2D eigenvalue weighted by molar-refractivity contribution is 9.10. The number of aromatic nitrogens is 1. The number of hydrogen-bond acceptors (Lipinski definition) is 6. The lowest BCUT2D eigenvalue weighted by atomic mass is 9.90. The van der Waals surface area contributed by atoms with Crippen molar-refractivity contribution >= 4 is 31.7 Å². The number of furan rings is 1. The standard InChI is InChI=1S/C25H23BrN2O4S/c26-20-8-10-21(11-9-20)33(29,30)24-25(32-23(27-24)22-7-4-16-31-22)28-14-12-19(13-15-28)17-18-5-2-1-3-6-18/h1-11,16,19H,12-15,17H2. The summed E-state index contributed by atoms with van der Waals surface area (Å²) in [6.07, 6.45) is 4.43. The molecular weight excluding hydrogens is 504 g/mol. The molecule has 2 aromatic heterocycles. The molecule has 1 saturated heterocycles. The lowest BCUT2D eigenvalue weighted by Crippen LogP contribution is -2.34. The number of sulfone groups is 1. The lowest BCUT2D eigenvalue weighted by molar-refractivity contribution is 0.386. The van der Waals surface area contributed by atoms with E-state index in [4.69, 9.17) is 8.83 Å². The van der Waals surface area contributed by atoms with Gasteiger partial charge in [0.2, 0.25) is 20.7 Å². The Morgan fingerprint density at radius 2 is 1.70 bits per heavy atom. The first-order chi connectivity index (χ1) is 16.0. The quantitative estimate of drug-likeness (QED) is 0.307. The van der Waals surface area contributed by atoms with Crippen molar-refractivity contribution in [3.63, 3.8) is 0 Å². The molecular formula is C25H23BrN2O4S. The first-order valence-electron chi connectivity index (χ1n) is 10.8. The topological polar surface area (TPSA) is 76.5 Å². The highest BCUT2D eigenvalue weighted by Crippen LogP contribution is 2.37. The van der Waals surface area contributed by atoms with Crippen molar-refractivity contribution in [3.05, 3.63) is 83.0 Å². The number of rotatable bonds is 6. The molecule has 1 aliphatic heterocycles. The fraction of sp³-hybridized carbons (Fsp3) is 0.240. The Bertz CT molecular complexity index is 1310. The van der Waals surface area contributed by atoms with Gasteiger partial charge >= 0.3 is 0 Å². The Labute approximate surface area is 201 Å². The van der Waals surface area contributed by atoms with Gasteiger partial charge in [-0.1, -0.05) is 46.3 Å². The van der Waals surface area contributed by atoms with Crippen molar-refractivity contribution in [1.29, 1.82) is 0 Å². The minimum Gasteiger partial charge on any atom is -0.459 e. The zero-order valence-corrected chi connectivity index (χ0v) is 20.3. The molecule has 0 amide bonds. The number of hydrogen-bond donors (Lipinski definition) is 0. The Balaban J connectivity index is 1.44. The molecule has 1 fully saturated rings. The van der Waals surface area contributed by atoms with Crippen LogP contribution in [0.5, 0.6) is 0 Å². The van der Waals surface area contributed by atoms with Crippen LogP contribution in [0.3, 0.4) is 0 Å². The summed E-state index contributed by atoms with van der Waals surface area (Å²) in [5.74, 6) is 1.38. The summed E-state index contributed by atoms with van der Waals surface area (Å²) in [5, 5.41) is -0.0715. The van der Waals surface area contributed by atoms with Gasteiger partial charge < -0.3 is 13.7 Å². The highest BCUT2D eigenvalue weighted by atomic mass is 79.9. The molecule has 3 heterocycles.